The summed E-state index contributed by atoms with van der Waals surface area (Å²) >= 11 is 2.02. The van der Waals surface area contributed by atoms with E-state index in [9.17, 15) is 0 Å². The lowest BCUT2D eigenvalue weighted by Crippen LogP contribution is -2.13. The van der Waals surface area contributed by atoms with Crippen molar-refractivity contribution in [3.05, 3.63) is 65.7 Å². The lowest BCUT2D eigenvalue weighted by atomic mass is 10.2. The molecule has 0 saturated heterocycles. The van der Waals surface area contributed by atoms with Crippen LogP contribution in [-0.4, -0.2) is 13.4 Å². The fourth-order valence-electron chi connectivity index (χ4n) is 1.84. The van der Waals surface area contributed by atoms with Crippen LogP contribution >= 0.6 is 11.2 Å². The fourth-order valence-corrected chi connectivity index (χ4v) is 5.42. The molecule has 0 amide bonds. The lowest BCUT2D eigenvalue weighted by molar-refractivity contribution is 1.08. The van der Waals surface area contributed by atoms with E-state index in [-0.39, 0.29) is 0 Å². The summed E-state index contributed by atoms with van der Waals surface area (Å²) in [4.78, 5) is 5.93. The van der Waals surface area contributed by atoms with E-state index in [0.717, 1.165) is 6.54 Å². The maximum Gasteiger partial charge on any atom is 0.114 e. The molecular weight excluding hydrogens is 278 g/mol. The Morgan fingerprint density at radius 2 is 1.60 bits per heavy atom. The molecule has 0 aliphatic carbocycles. The first kappa shape index (κ1) is 15.1. The number of rotatable bonds is 5. The van der Waals surface area contributed by atoms with Gasteiger partial charge in [0, 0.05) is 16.7 Å². The molecule has 0 bridgehead atoms. The molecule has 104 valence electrons. The van der Waals surface area contributed by atoms with E-state index in [4.69, 9.17) is 0 Å². The summed E-state index contributed by atoms with van der Waals surface area (Å²) in [5.74, 6) is 0. The zero-order chi connectivity index (χ0) is 14.4. The van der Waals surface area contributed by atoms with Crippen LogP contribution < -0.4 is 0 Å². The largest absolute Gasteiger partial charge is 0.288 e. The number of hydrogen-bond donors (Lipinski definition) is 0. The first-order chi connectivity index (χ1) is 9.54. The van der Waals surface area contributed by atoms with Gasteiger partial charge in [-0.25, -0.2) is 0 Å². The predicted octanol–water partition coefficient (Wildman–Crippen LogP) is 5.23. The molecule has 0 fully saturated rings. The molecule has 0 unspecified atom stereocenters. The van der Waals surface area contributed by atoms with Crippen molar-refractivity contribution in [3.8, 4) is 0 Å². The molecular formula is C17H21NSSi. The Bertz CT molecular complexity index is 573. The van der Waals surface area contributed by atoms with Gasteiger partial charge in [-0.1, -0.05) is 68.2 Å². The summed E-state index contributed by atoms with van der Waals surface area (Å²) in [6.07, 6.45) is 2.01. The van der Waals surface area contributed by atoms with Crippen LogP contribution in [0.1, 0.15) is 11.1 Å². The van der Waals surface area contributed by atoms with Crippen LogP contribution in [0, 0.1) is 0 Å². The molecule has 0 saturated carbocycles. The van der Waals surface area contributed by atoms with Gasteiger partial charge in [0.1, 0.15) is 7.22 Å². The van der Waals surface area contributed by atoms with Gasteiger partial charge < -0.3 is 0 Å². The molecule has 20 heavy (non-hydrogen) atoms. The molecule has 0 radical (unpaired) electrons. The zero-order valence-electron chi connectivity index (χ0n) is 12.3. The van der Waals surface area contributed by atoms with Gasteiger partial charge in [-0.3, -0.25) is 4.99 Å². The number of benzene rings is 2. The summed E-state index contributed by atoms with van der Waals surface area (Å²) in [6, 6.07) is 18.9. The topological polar surface area (TPSA) is 12.4 Å². The van der Waals surface area contributed by atoms with Crippen LogP contribution in [0.5, 0.6) is 0 Å². The third-order valence-corrected chi connectivity index (χ3v) is 6.38. The first-order valence-corrected chi connectivity index (χ1v) is 11.9. The van der Waals surface area contributed by atoms with E-state index in [1.54, 1.807) is 0 Å². The second-order valence-corrected chi connectivity index (χ2v) is 14.9. The molecule has 0 heterocycles. The van der Waals surface area contributed by atoms with E-state index in [1.165, 1.54) is 16.0 Å². The van der Waals surface area contributed by atoms with Crippen LogP contribution in [-0.2, 0) is 6.54 Å². The number of hydrogen-bond acceptors (Lipinski definition) is 2. The maximum absolute atomic E-state index is 4.58. The van der Waals surface area contributed by atoms with Crippen LogP contribution in [0.25, 0.3) is 0 Å². The Kier molecular flexibility index (Phi) is 5.21. The quantitative estimate of drug-likeness (QED) is 0.544. The molecule has 0 aliphatic heterocycles. The van der Waals surface area contributed by atoms with E-state index in [0.29, 0.717) is 0 Å². The van der Waals surface area contributed by atoms with Crippen molar-refractivity contribution < 1.29 is 0 Å². The average Bonchev–Trinajstić information content (AvgIpc) is 2.40. The SMILES string of the molecule is C[Si](C)(C)Sc1ccccc1/C=N/Cc1ccccc1. The Balaban J connectivity index is 2.09. The Morgan fingerprint density at radius 3 is 2.30 bits per heavy atom. The molecule has 0 spiro atoms. The first-order valence-electron chi connectivity index (χ1n) is 6.86. The van der Waals surface area contributed by atoms with Crippen molar-refractivity contribution in [2.45, 2.75) is 31.1 Å². The molecule has 3 heteroatoms. The lowest BCUT2D eigenvalue weighted by Gasteiger charge is -2.16. The Hall–Kier alpha value is -1.32. The molecule has 0 aromatic heterocycles. The molecule has 0 N–H and O–H groups in total. The zero-order valence-corrected chi connectivity index (χ0v) is 14.2. The van der Waals surface area contributed by atoms with E-state index in [1.807, 2.05) is 23.5 Å². The highest BCUT2D eigenvalue weighted by Crippen LogP contribution is 2.30. The van der Waals surface area contributed by atoms with Gasteiger partial charge in [-0.05, 0) is 11.6 Å². The summed E-state index contributed by atoms with van der Waals surface area (Å²) in [5, 5.41) is 0. The molecule has 2 aromatic carbocycles. The molecule has 1 nitrogen and oxygen atoms in total. The fraction of sp³-hybridized carbons (Fsp3) is 0.235. The maximum atomic E-state index is 4.58. The minimum absolute atomic E-state index is 0.743. The summed E-state index contributed by atoms with van der Waals surface area (Å²) in [7, 11) is -1.18. The highest BCUT2D eigenvalue weighted by atomic mass is 32.4. The number of nitrogens with zero attached hydrogens (tertiary/aromatic N) is 1. The van der Waals surface area contributed by atoms with Gasteiger partial charge in [-0.15, -0.1) is 0 Å². The van der Waals surface area contributed by atoms with Crippen molar-refractivity contribution in [2.24, 2.45) is 4.99 Å². The van der Waals surface area contributed by atoms with Crippen molar-refractivity contribution in [1.82, 2.24) is 0 Å². The third kappa shape index (κ3) is 4.98. The van der Waals surface area contributed by atoms with Crippen LogP contribution in [0.15, 0.2) is 64.5 Å². The summed E-state index contributed by atoms with van der Waals surface area (Å²) in [6.45, 7) is 7.85. The highest BCUT2D eigenvalue weighted by molar-refractivity contribution is 8.28. The predicted molar refractivity (Wildman–Crippen MR) is 93.4 cm³/mol. The molecule has 2 aromatic rings. The minimum Gasteiger partial charge on any atom is -0.288 e. The molecule has 0 atom stereocenters. The van der Waals surface area contributed by atoms with Crippen molar-refractivity contribution in [3.63, 3.8) is 0 Å². The van der Waals surface area contributed by atoms with Gasteiger partial charge >= 0.3 is 0 Å². The van der Waals surface area contributed by atoms with E-state index in [2.05, 4.69) is 73.2 Å². The van der Waals surface area contributed by atoms with Gasteiger partial charge in [-0.2, -0.15) is 11.2 Å². The van der Waals surface area contributed by atoms with Gasteiger partial charge in [0.05, 0.1) is 6.54 Å². The van der Waals surface area contributed by atoms with Gasteiger partial charge in [0.15, 0.2) is 0 Å². The van der Waals surface area contributed by atoms with E-state index >= 15 is 0 Å². The summed E-state index contributed by atoms with van der Waals surface area (Å²) in [5.41, 5.74) is 2.48. The average molecular weight is 300 g/mol. The van der Waals surface area contributed by atoms with Crippen LogP contribution in [0.2, 0.25) is 19.6 Å². The monoisotopic (exact) mass is 299 g/mol. The Labute approximate surface area is 126 Å². The standard InChI is InChI=1S/C17H21NSSi/c1-20(2,3)19-17-12-8-7-11-16(17)14-18-13-15-9-5-4-6-10-15/h4-12,14H,13H2,1-3H3/b18-14+. The van der Waals surface area contributed by atoms with Crippen LogP contribution in [0.4, 0.5) is 0 Å². The second kappa shape index (κ2) is 6.91. The minimum atomic E-state index is -1.18. The Morgan fingerprint density at radius 1 is 0.950 bits per heavy atom. The van der Waals surface area contributed by atoms with Crippen molar-refractivity contribution in [2.75, 3.05) is 0 Å². The summed E-state index contributed by atoms with van der Waals surface area (Å²) < 4.78 is 0. The molecule has 0 aliphatic rings. The normalized spacial score (nSPS) is 11.9. The van der Waals surface area contributed by atoms with Gasteiger partial charge in [0.2, 0.25) is 0 Å². The van der Waals surface area contributed by atoms with E-state index < -0.39 is 7.22 Å². The number of aliphatic imine (C=N–C) groups is 1. The van der Waals surface area contributed by atoms with Crippen molar-refractivity contribution >= 4 is 24.6 Å². The molecule has 2 rings (SSSR count). The van der Waals surface area contributed by atoms with Gasteiger partial charge in [0.25, 0.3) is 0 Å². The smallest absolute Gasteiger partial charge is 0.114 e. The van der Waals surface area contributed by atoms with Crippen LogP contribution in [0.3, 0.4) is 0 Å². The third-order valence-electron chi connectivity index (χ3n) is 2.68. The van der Waals surface area contributed by atoms with Crippen molar-refractivity contribution in [1.29, 1.82) is 0 Å². The highest BCUT2D eigenvalue weighted by Gasteiger charge is 2.16. The second-order valence-electron chi connectivity index (χ2n) is 5.71.